The van der Waals surface area contributed by atoms with Crippen molar-refractivity contribution >= 4 is 40.2 Å². The zero-order chi connectivity index (χ0) is 18.5. The number of fused-ring (bicyclic) bond motifs is 1. The molecule has 134 valence electrons. The molecule has 2 aromatic heterocycles. The second-order valence-electron chi connectivity index (χ2n) is 5.33. The van der Waals surface area contributed by atoms with Gasteiger partial charge in [0.15, 0.2) is 5.52 Å². The number of nitrogens with zero attached hydrogens (tertiary/aromatic N) is 4. The van der Waals surface area contributed by atoms with E-state index in [1.165, 1.54) is 10.9 Å². The molecule has 0 aliphatic carbocycles. The first kappa shape index (κ1) is 18.2. The van der Waals surface area contributed by atoms with Gasteiger partial charge in [0.1, 0.15) is 12.1 Å². The fourth-order valence-corrected chi connectivity index (χ4v) is 2.68. The van der Waals surface area contributed by atoms with Gasteiger partial charge in [-0.2, -0.15) is 10.4 Å². The smallest absolute Gasteiger partial charge is 0.278 e. The van der Waals surface area contributed by atoms with Crippen LogP contribution in [0, 0.1) is 11.3 Å². The van der Waals surface area contributed by atoms with E-state index in [4.69, 9.17) is 33.2 Å². The number of hydrogen-bond donors (Lipinski definition) is 2. The summed E-state index contributed by atoms with van der Waals surface area (Å²) in [5.74, 6) is 0.328. The van der Waals surface area contributed by atoms with E-state index in [0.29, 0.717) is 40.1 Å². The molecule has 0 atom stereocenters. The molecule has 0 radical (unpaired) electrons. The Bertz CT molecular complexity index is 1020. The lowest BCUT2D eigenvalue weighted by Crippen LogP contribution is -2.17. The molecule has 26 heavy (non-hydrogen) atoms. The Hall–Kier alpha value is -2.60. The van der Waals surface area contributed by atoms with Crippen molar-refractivity contribution in [2.75, 3.05) is 18.5 Å². The Kier molecular flexibility index (Phi) is 5.73. The van der Waals surface area contributed by atoms with Gasteiger partial charge in [0, 0.05) is 6.54 Å². The highest BCUT2D eigenvalue weighted by atomic mass is 35.5. The molecular weight excluding hydrogens is 379 g/mol. The van der Waals surface area contributed by atoms with Crippen molar-refractivity contribution in [1.82, 2.24) is 19.7 Å². The Morgan fingerprint density at radius 3 is 2.96 bits per heavy atom. The van der Waals surface area contributed by atoms with Crippen molar-refractivity contribution < 1.29 is 4.74 Å². The van der Waals surface area contributed by atoms with Crippen LogP contribution in [0.2, 0.25) is 10.0 Å². The average molecular weight is 393 g/mol. The van der Waals surface area contributed by atoms with Crippen LogP contribution in [0.25, 0.3) is 11.0 Å². The largest absolute Gasteiger partial charge is 0.365 e. The highest BCUT2D eigenvalue weighted by Crippen LogP contribution is 2.22. The second kappa shape index (κ2) is 8.19. The molecule has 0 saturated heterocycles. The van der Waals surface area contributed by atoms with Gasteiger partial charge in [-0.05, 0) is 17.7 Å². The van der Waals surface area contributed by atoms with E-state index in [-0.39, 0.29) is 18.8 Å². The number of hydrogen-bond acceptors (Lipinski definition) is 6. The van der Waals surface area contributed by atoms with Gasteiger partial charge >= 0.3 is 0 Å². The maximum absolute atomic E-state index is 12.4. The van der Waals surface area contributed by atoms with Crippen molar-refractivity contribution in [3.05, 3.63) is 50.4 Å². The minimum Gasteiger partial charge on any atom is -0.365 e. The number of rotatable bonds is 7. The third-order valence-electron chi connectivity index (χ3n) is 3.56. The minimum atomic E-state index is -0.315. The molecule has 3 rings (SSSR count). The van der Waals surface area contributed by atoms with Gasteiger partial charge in [-0.15, -0.1) is 0 Å². The molecule has 1 aromatic carbocycles. The van der Waals surface area contributed by atoms with Gasteiger partial charge in [-0.3, -0.25) is 14.5 Å². The summed E-state index contributed by atoms with van der Waals surface area (Å²) in [5, 5.41) is 16.6. The van der Waals surface area contributed by atoms with Crippen molar-refractivity contribution in [1.29, 1.82) is 5.26 Å². The summed E-state index contributed by atoms with van der Waals surface area (Å²) in [6, 6.07) is 7.16. The van der Waals surface area contributed by atoms with Crippen LogP contribution in [-0.2, 0) is 17.8 Å². The summed E-state index contributed by atoms with van der Waals surface area (Å²) in [7, 11) is 0. The molecule has 0 aliphatic heterocycles. The Labute approximate surface area is 158 Å². The van der Waals surface area contributed by atoms with Crippen LogP contribution in [0.4, 0.5) is 5.95 Å². The van der Waals surface area contributed by atoms with Gasteiger partial charge in [0.05, 0.1) is 35.5 Å². The summed E-state index contributed by atoms with van der Waals surface area (Å²) < 4.78 is 6.59. The lowest BCUT2D eigenvalue weighted by atomic mass is 10.2. The van der Waals surface area contributed by atoms with Gasteiger partial charge in [0.2, 0.25) is 5.95 Å². The quantitative estimate of drug-likeness (QED) is 0.598. The zero-order valence-electron chi connectivity index (χ0n) is 13.5. The highest BCUT2D eigenvalue weighted by Gasteiger charge is 2.10. The van der Waals surface area contributed by atoms with E-state index in [1.54, 1.807) is 12.1 Å². The van der Waals surface area contributed by atoms with Crippen LogP contribution in [-0.4, -0.2) is 33.0 Å². The molecule has 2 heterocycles. The summed E-state index contributed by atoms with van der Waals surface area (Å²) in [5.41, 5.74) is 1.40. The molecule has 0 aliphatic rings. The number of nitrogens with one attached hydrogen (secondary N) is 2. The Morgan fingerprint density at radius 2 is 2.19 bits per heavy atom. The molecule has 8 nitrogen and oxygen atoms in total. The maximum Gasteiger partial charge on any atom is 0.278 e. The summed E-state index contributed by atoms with van der Waals surface area (Å²) in [6.45, 7) is 1.05. The predicted octanol–water partition coefficient (Wildman–Crippen LogP) is 2.58. The second-order valence-corrected chi connectivity index (χ2v) is 6.14. The standard InChI is InChI=1S/C16H14Cl2N6O2/c17-11-2-1-10(7-12(11)18)8-20-16-22-13-9-21-24(4-6-26-5-3-19)14(13)15(25)23-16/h1-2,7,9H,4-6,8H2,(H2,20,22,23,25). The summed E-state index contributed by atoms with van der Waals surface area (Å²) in [4.78, 5) is 19.4. The van der Waals surface area contributed by atoms with Crippen LogP contribution < -0.4 is 10.9 Å². The molecule has 2 N–H and O–H groups in total. The summed E-state index contributed by atoms with van der Waals surface area (Å²) >= 11 is 11.9. The van der Waals surface area contributed by atoms with Gasteiger partial charge in [-0.1, -0.05) is 29.3 Å². The first-order chi connectivity index (χ1) is 12.6. The molecule has 0 saturated carbocycles. The first-order valence-corrected chi connectivity index (χ1v) is 8.42. The van der Waals surface area contributed by atoms with Crippen molar-refractivity contribution in [2.24, 2.45) is 0 Å². The molecule has 0 fully saturated rings. The SMILES string of the molecule is N#CCOCCn1ncc2nc(NCc3ccc(Cl)c(Cl)c3)[nH]c(=O)c21. The monoisotopic (exact) mass is 392 g/mol. The number of ether oxygens (including phenoxy) is 1. The van der Waals surface area contributed by atoms with E-state index < -0.39 is 0 Å². The van der Waals surface area contributed by atoms with Crippen molar-refractivity contribution in [2.45, 2.75) is 13.1 Å². The van der Waals surface area contributed by atoms with E-state index in [0.717, 1.165) is 5.56 Å². The van der Waals surface area contributed by atoms with E-state index >= 15 is 0 Å². The Morgan fingerprint density at radius 1 is 1.35 bits per heavy atom. The first-order valence-electron chi connectivity index (χ1n) is 7.67. The van der Waals surface area contributed by atoms with E-state index in [2.05, 4.69) is 20.4 Å². The molecule has 0 amide bonds. The third-order valence-corrected chi connectivity index (χ3v) is 4.30. The number of aromatic amines is 1. The lowest BCUT2D eigenvalue weighted by molar-refractivity contribution is 0.154. The number of nitriles is 1. The molecular formula is C16H14Cl2N6O2. The lowest BCUT2D eigenvalue weighted by Gasteiger charge is -2.07. The van der Waals surface area contributed by atoms with Crippen molar-refractivity contribution in [3.8, 4) is 6.07 Å². The molecule has 0 spiro atoms. The predicted molar refractivity (Wildman–Crippen MR) is 98.4 cm³/mol. The fraction of sp³-hybridized carbons (Fsp3) is 0.250. The summed E-state index contributed by atoms with van der Waals surface area (Å²) in [6.07, 6.45) is 1.51. The zero-order valence-corrected chi connectivity index (χ0v) is 15.0. The van der Waals surface area contributed by atoms with Crippen LogP contribution in [0.5, 0.6) is 0 Å². The van der Waals surface area contributed by atoms with E-state index in [1.807, 2.05) is 12.1 Å². The van der Waals surface area contributed by atoms with E-state index in [9.17, 15) is 4.79 Å². The Balaban J connectivity index is 1.73. The molecule has 0 unspecified atom stereocenters. The fourth-order valence-electron chi connectivity index (χ4n) is 2.36. The number of halogens is 2. The number of aromatic nitrogens is 4. The topological polar surface area (TPSA) is 109 Å². The third kappa shape index (κ3) is 4.14. The van der Waals surface area contributed by atoms with Crippen LogP contribution in [0.3, 0.4) is 0 Å². The van der Waals surface area contributed by atoms with Gasteiger partial charge in [-0.25, -0.2) is 4.98 Å². The highest BCUT2D eigenvalue weighted by molar-refractivity contribution is 6.42. The van der Waals surface area contributed by atoms with Crippen LogP contribution >= 0.6 is 23.2 Å². The average Bonchev–Trinajstić information content (AvgIpc) is 3.03. The van der Waals surface area contributed by atoms with Crippen LogP contribution in [0.15, 0.2) is 29.2 Å². The number of H-pyrrole nitrogens is 1. The molecule has 3 aromatic rings. The van der Waals surface area contributed by atoms with Crippen LogP contribution in [0.1, 0.15) is 5.56 Å². The van der Waals surface area contributed by atoms with Gasteiger partial charge in [0.25, 0.3) is 5.56 Å². The maximum atomic E-state index is 12.4. The number of anilines is 1. The minimum absolute atomic E-state index is 0.00338. The van der Waals surface area contributed by atoms with Crippen molar-refractivity contribution in [3.63, 3.8) is 0 Å². The number of benzene rings is 1. The van der Waals surface area contributed by atoms with Gasteiger partial charge < -0.3 is 10.1 Å². The molecule has 0 bridgehead atoms. The normalized spacial score (nSPS) is 10.8. The molecule has 10 heteroatoms.